The Bertz CT molecular complexity index is 1130. The van der Waals surface area contributed by atoms with Crippen LogP contribution in [0, 0.1) is 0 Å². The molecule has 0 saturated carbocycles. The Labute approximate surface area is 248 Å². The first-order chi connectivity index (χ1) is 19.7. The van der Waals surface area contributed by atoms with Gasteiger partial charge in [0.15, 0.2) is 12.4 Å². The van der Waals surface area contributed by atoms with Crippen molar-refractivity contribution >= 4 is 17.7 Å². The molecule has 0 bridgehead atoms. The Morgan fingerprint density at radius 2 is 1.62 bits per heavy atom. The van der Waals surface area contributed by atoms with Gasteiger partial charge in [0.1, 0.15) is 17.3 Å². The van der Waals surface area contributed by atoms with Crippen LogP contribution in [0.2, 0.25) is 0 Å². The van der Waals surface area contributed by atoms with Crippen LogP contribution in [0.5, 0.6) is 0 Å². The number of nitrogens with zero attached hydrogens (tertiary/aromatic N) is 2. The number of alkyl halides is 1. The second-order valence-corrected chi connectivity index (χ2v) is 12.2. The molecule has 0 aliphatic carbocycles. The van der Waals surface area contributed by atoms with E-state index in [-0.39, 0.29) is 19.4 Å². The molecule has 1 unspecified atom stereocenters. The van der Waals surface area contributed by atoms with Crippen molar-refractivity contribution < 1.29 is 38.0 Å². The largest absolute Gasteiger partial charge is 0.455 e. The fourth-order valence-corrected chi connectivity index (χ4v) is 4.49. The van der Waals surface area contributed by atoms with Gasteiger partial charge in [-0.2, -0.15) is 0 Å². The summed E-state index contributed by atoms with van der Waals surface area (Å²) in [5.74, 6) is -0.869. The molecule has 1 heterocycles. The Kier molecular flexibility index (Phi) is 11.7. The Morgan fingerprint density at radius 1 is 1.00 bits per heavy atom. The lowest BCUT2D eigenvalue weighted by Gasteiger charge is -2.33. The highest BCUT2D eigenvalue weighted by Gasteiger charge is 2.38. The van der Waals surface area contributed by atoms with Gasteiger partial charge in [-0.15, -0.1) is 0 Å². The van der Waals surface area contributed by atoms with E-state index in [2.05, 4.69) is 4.90 Å². The molecule has 1 saturated heterocycles. The third-order valence-electron chi connectivity index (χ3n) is 6.70. The second kappa shape index (κ2) is 14.8. The average Bonchev–Trinajstić information content (AvgIpc) is 2.94. The van der Waals surface area contributed by atoms with E-state index < -0.39 is 41.8 Å². The molecule has 3 rings (SSSR count). The van der Waals surface area contributed by atoms with E-state index in [9.17, 15) is 19.1 Å². The summed E-state index contributed by atoms with van der Waals surface area (Å²) in [6.45, 7) is 10.8. The number of halogens is 1. The fourth-order valence-electron chi connectivity index (χ4n) is 4.49. The van der Waals surface area contributed by atoms with Crippen molar-refractivity contribution in [1.82, 2.24) is 4.90 Å². The molecule has 1 aliphatic rings. The van der Waals surface area contributed by atoms with Gasteiger partial charge < -0.3 is 29.0 Å². The van der Waals surface area contributed by atoms with Crippen molar-refractivity contribution in [2.24, 2.45) is 0 Å². The molecule has 3 atom stereocenters. The molecular weight excluding hydrogens is 543 g/mol. The maximum Gasteiger partial charge on any atom is 0.410 e. The lowest BCUT2D eigenvalue weighted by Crippen LogP contribution is -2.49. The number of esters is 1. The van der Waals surface area contributed by atoms with Crippen molar-refractivity contribution in [3.05, 3.63) is 65.7 Å². The van der Waals surface area contributed by atoms with Gasteiger partial charge in [-0.1, -0.05) is 42.5 Å². The van der Waals surface area contributed by atoms with Crippen LogP contribution in [0.1, 0.15) is 52.2 Å². The van der Waals surface area contributed by atoms with Crippen molar-refractivity contribution in [2.45, 2.75) is 83.8 Å². The molecular formula is C32H45FN2O7. The van der Waals surface area contributed by atoms with E-state index in [0.29, 0.717) is 13.2 Å². The Balaban J connectivity index is 1.80. The number of rotatable bonds is 12. The molecule has 1 amide bonds. The summed E-state index contributed by atoms with van der Waals surface area (Å²) in [5, 5.41) is 11.1. The van der Waals surface area contributed by atoms with Crippen LogP contribution in [0.25, 0.3) is 0 Å². The summed E-state index contributed by atoms with van der Waals surface area (Å²) in [4.78, 5) is 29.6. The van der Waals surface area contributed by atoms with Gasteiger partial charge >= 0.3 is 12.1 Å². The minimum atomic E-state index is -1.80. The van der Waals surface area contributed by atoms with Gasteiger partial charge in [-0.3, -0.25) is 4.90 Å². The number of hydrogen-bond acceptors (Lipinski definition) is 8. The van der Waals surface area contributed by atoms with Crippen LogP contribution in [-0.4, -0.2) is 85.1 Å². The number of amides is 1. The number of carbonyl (C=O) groups is 2. The number of aliphatic hydroxyl groups is 1. The Hall–Kier alpha value is -3.21. The predicted octanol–water partition coefficient (Wildman–Crippen LogP) is 4.89. The van der Waals surface area contributed by atoms with E-state index in [1.807, 2.05) is 54.6 Å². The third-order valence-corrected chi connectivity index (χ3v) is 6.70. The number of benzene rings is 2. The molecule has 2 aromatic rings. The number of hydrogen-bond donors (Lipinski definition) is 1. The molecule has 0 radical (unpaired) electrons. The zero-order valence-electron chi connectivity index (χ0n) is 25.5. The molecule has 42 heavy (non-hydrogen) atoms. The van der Waals surface area contributed by atoms with Crippen LogP contribution in [-0.2, 0) is 36.8 Å². The molecule has 1 fully saturated rings. The highest BCUT2D eigenvalue weighted by atomic mass is 19.1. The molecule has 1 aliphatic heterocycles. The lowest BCUT2D eigenvalue weighted by molar-refractivity contribution is -0.197. The summed E-state index contributed by atoms with van der Waals surface area (Å²) in [7, 11) is 1.37. The number of carbonyl (C=O) groups excluding carboxylic acids is 2. The molecule has 1 N–H and O–H groups in total. The monoisotopic (exact) mass is 588 g/mol. The summed E-state index contributed by atoms with van der Waals surface area (Å²) >= 11 is 0. The maximum absolute atomic E-state index is 14.8. The van der Waals surface area contributed by atoms with Crippen molar-refractivity contribution in [3.63, 3.8) is 0 Å². The minimum Gasteiger partial charge on any atom is -0.455 e. The maximum atomic E-state index is 14.8. The van der Waals surface area contributed by atoms with E-state index in [1.54, 1.807) is 20.8 Å². The second-order valence-electron chi connectivity index (χ2n) is 12.2. The average molecular weight is 589 g/mol. The Morgan fingerprint density at radius 3 is 2.19 bits per heavy atom. The quantitative estimate of drug-likeness (QED) is 0.277. The fraction of sp³-hybridized carbons (Fsp3) is 0.562. The van der Waals surface area contributed by atoms with Gasteiger partial charge in [0.05, 0.1) is 19.8 Å². The lowest BCUT2D eigenvalue weighted by atomic mass is 10.00. The molecule has 9 nitrogen and oxygen atoms in total. The molecule has 0 spiro atoms. The molecule has 232 valence electrons. The van der Waals surface area contributed by atoms with Crippen LogP contribution in [0.4, 0.5) is 14.9 Å². The molecule has 2 aromatic carbocycles. The number of morpholine rings is 1. The van der Waals surface area contributed by atoms with Gasteiger partial charge in [0.25, 0.3) is 0 Å². The van der Waals surface area contributed by atoms with Crippen molar-refractivity contribution in [1.29, 1.82) is 0 Å². The van der Waals surface area contributed by atoms with E-state index in [0.717, 1.165) is 34.8 Å². The van der Waals surface area contributed by atoms with Gasteiger partial charge in [0, 0.05) is 38.7 Å². The van der Waals surface area contributed by atoms with E-state index in [4.69, 9.17) is 18.9 Å². The molecule has 0 aromatic heterocycles. The van der Waals surface area contributed by atoms with Gasteiger partial charge in [-0.05, 0) is 57.9 Å². The third kappa shape index (κ3) is 10.9. The molecule has 10 heteroatoms. The van der Waals surface area contributed by atoms with Gasteiger partial charge in [-0.25, -0.2) is 14.0 Å². The van der Waals surface area contributed by atoms with Crippen LogP contribution >= 0.6 is 0 Å². The number of ether oxygens (including phenoxy) is 4. The zero-order chi connectivity index (χ0) is 30.9. The van der Waals surface area contributed by atoms with E-state index in [1.165, 1.54) is 20.9 Å². The summed E-state index contributed by atoms with van der Waals surface area (Å²) in [6, 6.07) is 15.8. The number of aliphatic hydroxyl groups excluding tert-OH is 1. The number of anilines is 1. The summed E-state index contributed by atoms with van der Waals surface area (Å²) < 4.78 is 37.2. The van der Waals surface area contributed by atoms with E-state index >= 15 is 0 Å². The highest BCUT2D eigenvalue weighted by molar-refractivity contribution is 5.81. The number of likely N-dealkylation sites (N-methyl/N-ethyl adjacent to an activating group) is 1. The highest BCUT2D eigenvalue weighted by Crippen LogP contribution is 2.24. The predicted molar refractivity (Wildman–Crippen MR) is 158 cm³/mol. The normalized spacial score (nSPS) is 16.3. The van der Waals surface area contributed by atoms with Crippen LogP contribution in [0.3, 0.4) is 0 Å². The topological polar surface area (TPSA) is 97.8 Å². The standard InChI is InChI=1S/C32H45FN2O7/c1-31(2,3)42-30(38)34(6)26(21-32(4,5)33)28(36)41-27(29(37)40-22-24-10-8-7-9-11-24)20-23-12-14-25(15-13-23)35-16-18-39-19-17-35/h7-15,26-27,29,37H,16-22H2,1-6H3/t26-,27+,29?/m0/s1. The SMILES string of the molecule is CN(C(=O)OC(C)(C)C)[C@@H](CC(C)(C)F)C(=O)O[C@H](Cc1ccc(N2CCOCC2)cc1)C(O)OCc1ccccc1. The first-order valence-corrected chi connectivity index (χ1v) is 14.3. The van der Waals surface area contributed by atoms with Crippen molar-refractivity contribution in [2.75, 3.05) is 38.3 Å². The zero-order valence-corrected chi connectivity index (χ0v) is 25.5. The van der Waals surface area contributed by atoms with Crippen LogP contribution < -0.4 is 4.90 Å². The van der Waals surface area contributed by atoms with Gasteiger partial charge in [0.2, 0.25) is 0 Å². The first-order valence-electron chi connectivity index (χ1n) is 14.3. The summed E-state index contributed by atoms with van der Waals surface area (Å²) in [5.41, 5.74) is 0.0595. The minimum absolute atomic E-state index is 0.0881. The van der Waals surface area contributed by atoms with Crippen LogP contribution in [0.15, 0.2) is 54.6 Å². The first kappa shape index (κ1) is 33.3. The smallest absolute Gasteiger partial charge is 0.410 e. The summed E-state index contributed by atoms with van der Waals surface area (Å²) in [6.07, 6.45) is -3.60. The van der Waals surface area contributed by atoms with Crippen molar-refractivity contribution in [3.8, 4) is 0 Å².